The van der Waals surface area contributed by atoms with Crippen LogP contribution in [0.15, 0.2) is 48.5 Å². The normalized spacial score (nSPS) is 14.1. The van der Waals surface area contributed by atoms with Gasteiger partial charge >= 0.3 is 0 Å². The Morgan fingerprint density at radius 3 is 2.27 bits per heavy atom. The molecular formula is C23H26N2O5. The smallest absolute Gasteiger partial charge is 0.255 e. The highest BCUT2D eigenvalue weighted by atomic mass is 16.5. The van der Waals surface area contributed by atoms with Crippen molar-refractivity contribution in [2.75, 3.05) is 33.9 Å². The third-order valence-electron chi connectivity index (χ3n) is 5.34. The summed E-state index contributed by atoms with van der Waals surface area (Å²) in [6.07, 6.45) is 1.22. The highest BCUT2D eigenvalue weighted by Crippen LogP contribution is 2.23. The Kier molecular flexibility index (Phi) is 7.06. The van der Waals surface area contributed by atoms with Crippen molar-refractivity contribution in [2.24, 2.45) is 5.92 Å². The number of hydrogen-bond acceptors (Lipinski definition) is 5. The maximum atomic E-state index is 12.7. The lowest BCUT2D eigenvalue weighted by molar-refractivity contribution is -0.131. The van der Waals surface area contributed by atoms with E-state index in [1.54, 1.807) is 60.5 Å². The van der Waals surface area contributed by atoms with Crippen LogP contribution in [0.3, 0.4) is 0 Å². The van der Waals surface area contributed by atoms with Crippen molar-refractivity contribution < 1.29 is 23.9 Å². The molecule has 1 fully saturated rings. The molecule has 2 aromatic carbocycles. The zero-order valence-corrected chi connectivity index (χ0v) is 17.2. The van der Waals surface area contributed by atoms with Crippen LogP contribution in [-0.2, 0) is 4.79 Å². The number of methoxy groups -OCH3 is 2. The van der Waals surface area contributed by atoms with Gasteiger partial charge in [0, 0.05) is 24.6 Å². The molecule has 0 aliphatic carbocycles. The quantitative estimate of drug-likeness (QED) is 0.709. The van der Waals surface area contributed by atoms with Gasteiger partial charge in [-0.05, 0) is 49.2 Å². The van der Waals surface area contributed by atoms with Crippen LogP contribution in [0.25, 0.3) is 0 Å². The maximum absolute atomic E-state index is 12.7. The molecule has 0 aromatic heterocycles. The summed E-state index contributed by atoms with van der Waals surface area (Å²) in [6.45, 7) is 0.903. The summed E-state index contributed by atoms with van der Waals surface area (Å²) in [5.74, 6) is 0.640. The van der Waals surface area contributed by atoms with Crippen LogP contribution in [0.5, 0.6) is 11.5 Å². The number of ketones is 1. The average molecular weight is 410 g/mol. The minimum atomic E-state index is -0.356. The van der Waals surface area contributed by atoms with E-state index < -0.39 is 0 Å². The van der Waals surface area contributed by atoms with E-state index in [9.17, 15) is 14.4 Å². The van der Waals surface area contributed by atoms with Gasteiger partial charge in [-0.1, -0.05) is 12.1 Å². The number of amides is 2. The molecular weight excluding hydrogens is 384 g/mol. The first-order valence-electron chi connectivity index (χ1n) is 9.90. The van der Waals surface area contributed by atoms with Gasteiger partial charge in [0.2, 0.25) is 5.91 Å². The van der Waals surface area contributed by atoms with Crippen molar-refractivity contribution in [3.8, 4) is 11.5 Å². The summed E-state index contributed by atoms with van der Waals surface area (Å²) < 4.78 is 10.3. The first-order chi connectivity index (χ1) is 14.5. The Morgan fingerprint density at radius 2 is 1.63 bits per heavy atom. The van der Waals surface area contributed by atoms with Crippen molar-refractivity contribution in [3.05, 3.63) is 59.7 Å². The summed E-state index contributed by atoms with van der Waals surface area (Å²) in [7, 11) is 3.08. The van der Waals surface area contributed by atoms with Gasteiger partial charge in [0.15, 0.2) is 5.78 Å². The number of carbonyl (C=O) groups is 3. The molecule has 0 unspecified atom stereocenters. The molecule has 0 radical (unpaired) electrons. The summed E-state index contributed by atoms with van der Waals surface area (Å²) in [4.78, 5) is 39.2. The highest BCUT2D eigenvalue weighted by molar-refractivity contribution is 5.99. The summed E-state index contributed by atoms with van der Waals surface area (Å²) in [5, 5.41) is 2.65. The summed E-state index contributed by atoms with van der Waals surface area (Å²) in [6, 6.07) is 13.9. The number of rotatable bonds is 7. The van der Waals surface area contributed by atoms with Crippen molar-refractivity contribution >= 4 is 17.6 Å². The van der Waals surface area contributed by atoms with Crippen LogP contribution in [-0.4, -0.2) is 56.4 Å². The molecule has 0 bridgehead atoms. The Labute approximate surface area is 176 Å². The van der Waals surface area contributed by atoms with E-state index in [4.69, 9.17) is 9.47 Å². The lowest BCUT2D eigenvalue weighted by Crippen LogP contribution is -2.45. The van der Waals surface area contributed by atoms with Crippen LogP contribution in [0.1, 0.15) is 33.6 Å². The van der Waals surface area contributed by atoms with Crippen molar-refractivity contribution in [1.82, 2.24) is 10.2 Å². The number of likely N-dealkylation sites (tertiary alicyclic amines) is 1. The highest BCUT2D eigenvalue weighted by Gasteiger charge is 2.28. The third kappa shape index (κ3) is 4.97. The van der Waals surface area contributed by atoms with Gasteiger partial charge in [-0.3, -0.25) is 14.4 Å². The topological polar surface area (TPSA) is 84.9 Å². The molecule has 2 amide bonds. The van der Waals surface area contributed by atoms with Gasteiger partial charge in [-0.15, -0.1) is 0 Å². The Balaban J connectivity index is 1.49. The minimum absolute atomic E-state index is 0.0893. The molecule has 7 heteroatoms. The standard InChI is InChI=1S/C23H26N2O5/c1-29-18-9-7-16(8-10-18)22(27)17-11-13-25(14-12-17)21(26)15-24-23(28)19-5-3-4-6-20(19)30-2/h3-10,17H,11-15H2,1-2H3,(H,24,28). The van der Waals surface area contributed by atoms with Crippen LogP contribution in [0.2, 0.25) is 0 Å². The molecule has 2 aromatic rings. The van der Waals surface area contributed by atoms with Crippen molar-refractivity contribution in [2.45, 2.75) is 12.8 Å². The summed E-state index contributed by atoms with van der Waals surface area (Å²) in [5.41, 5.74) is 1.04. The van der Waals surface area contributed by atoms with Crippen LogP contribution in [0.4, 0.5) is 0 Å². The maximum Gasteiger partial charge on any atom is 0.255 e. The van der Waals surface area contributed by atoms with E-state index in [-0.39, 0.29) is 30.1 Å². The van der Waals surface area contributed by atoms with Gasteiger partial charge in [-0.2, -0.15) is 0 Å². The number of benzene rings is 2. The monoisotopic (exact) mass is 410 g/mol. The number of piperidine rings is 1. The van der Waals surface area contributed by atoms with E-state index in [2.05, 4.69) is 5.32 Å². The van der Waals surface area contributed by atoms with E-state index in [0.29, 0.717) is 48.6 Å². The Morgan fingerprint density at radius 1 is 0.967 bits per heavy atom. The van der Waals surface area contributed by atoms with Gasteiger partial charge in [0.05, 0.1) is 26.3 Å². The van der Waals surface area contributed by atoms with Gasteiger partial charge in [0.25, 0.3) is 5.91 Å². The molecule has 1 aliphatic heterocycles. The third-order valence-corrected chi connectivity index (χ3v) is 5.34. The first-order valence-corrected chi connectivity index (χ1v) is 9.90. The predicted octanol–water partition coefficient (Wildman–Crippen LogP) is 2.56. The SMILES string of the molecule is COc1ccc(C(=O)C2CCN(C(=O)CNC(=O)c3ccccc3OC)CC2)cc1. The molecule has 158 valence electrons. The number of para-hydroxylation sites is 1. The number of nitrogens with zero attached hydrogens (tertiary/aromatic N) is 1. The second-order valence-corrected chi connectivity index (χ2v) is 7.13. The van der Waals surface area contributed by atoms with E-state index in [1.807, 2.05) is 0 Å². The number of nitrogens with one attached hydrogen (secondary N) is 1. The fraction of sp³-hybridized carbons (Fsp3) is 0.348. The average Bonchev–Trinajstić information content (AvgIpc) is 2.82. The van der Waals surface area contributed by atoms with E-state index in [1.165, 1.54) is 7.11 Å². The van der Waals surface area contributed by atoms with E-state index in [0.717, 1.165) is 0 Å². The fourth-order valence-electron chi connectivity index (χ4n) is 3.58. The molecule has 1 aliphatic rings. The van der Waals surface area contributed by atoms with Gasteiger partial charge < -0.3 is 19.7 Å². The second-order valence-electron chi connectivity index (χ2n) is 7.13. The van der Waals surface area contributed by atoms with Crippen LogP contribution in [0, 0.1) is 5.92 Å². The number of ether oxygens (including phenoxy) is 2. The zero-order valence-electron chi connectivity index (χ0n) is 17.2. The lowest BCUT2D eigenvalue weighted by atomic mass is 9.89. The fourth-order valence-corrected chi connectivity index (χ4v) is 3.58. The molecule has 0 spiro atoms. The molecule has 0 saturated carbocycles. The Hall–Kier alpha value is -3.35. The van der Waals surface area contributed by atoms with Crippen molar-refractivity contribution in [3.63, 3.8) is 0 Å². The minimum Gasteiger partial charge on any atom is -0.497 e. The summed E-state index contributed by atoms with van der Waals surface area (Å²) >= 11 is 0. The number of carbonyl (C=O) groups excluding carboxylic acids is 3. The van der Waals surface area contributed by atoms with Gasteiger partial charge in [0.1, 0.15) is 11.5 Å². The molecule has 7 nitrogen and oxygen atoms in total. The molecule has 30 heavy (non-hydrogen) atoms. The molecule has 0 atom stereocenters. The first kappa shape index (κ1) is 21.4. The molecule has 1 heterocycles. The predicted molar refractivity (Wildman–Crippen MR) is 112 cm³/mol. The Bertz CT molecular complexity index is 902. The van der Waals surface area contributed by atoms with Crippen molar-refractivity contribution in [1.29, 1.82) is 0 Å². The van der Waals surface area contributed by atoms with E-state index >= 15 is 0 Å². The molecule has 1 saturated heterocycles. The van der Waals surface area contributed by atoms with Gasteiger partial charge in [-0.25, -0.2) is 0 Å². The van der Waals surface area contributed by atoms with Crippen LogP contribution >= 0.6 is 0 Å². The second kappa shape index (κ2) is 9.91. The molecule has 1 N–H and O–H groups in total. The lowest BCUT2D eigenvalue weighted by Gasteiger charge is -2.31. The molecule has 3 rings (SSSR count). The number of Topliss-reactive ketones (excluding diaryl/α,β-unsaturated/α-hetero) is 1. The van der Waals surface area contributed by atoms with Crippen LogP contribution < -0.4 is 14.8 Å². The largest absolute Gasteiger partial charge is 0.497 e. The number of hydrogen-bond donors (Lipinski definition) is 1. The zero-order chi connectivity index (χ0) is 21.5.